The molecule has 0 N–H and O–H groups in total. The van der Waals surface area contributed by atoms with Crippen molar-refractivity contribution in [3.63, 3.8) is 0 Å². The van der Waals surface area contributed by atoms with E-state index in [0.29, 0.717) is 4.47 Å². The highest BCUT2D eigenvalue weighted by molar-refractivity contribution is 9.10. The molecule has 0 heterocycles. The average Bonchev–Trinajstić information content (AvgIpc) is 1.84. The van der Waals surface area contributed by atoms with Crippen molar-refractivity contribution >= 4 is 15.9 Å². The molecule has 0 amide bonds. The maximum absolute atomic E-state index is 12.7. The molecule has 2 heteroatoms. The Morgan fingerprint density at radius 3 is 2.20 bits per heavy atom. The van der Waals surface area contributed by atoms with Gasteiger partial charge in [0.25, 0.3) is 0 Å². The predicted octanol–water partition coefficient (Wildman–Crippen LogP) is 3.21. The summed E-state index contributed by atoms with van der Waals surface area (Å²) in [6.45, 7) is 3.85. The molecule has 0 radical (unpaired) electrons. The Bertz CT molecular complexity index is 205. The quantitative estimate of drug-likeness (QED) is 0.607. The lowest BCUT2D eigenvalue weighted by Crippen LogP contribution is -1.84. The van der Waals surface area contributed by atoms with Crippen LogP contribution in [0.3, 0.4) is 0 Å². The van der Waals surface area contributed by atoms with Gasteiger partial charge in [0.2, 0.25) is 0 Å². The molecule has 0 bridgehead atoms. The van der Waals surface area contributed by atoms with E-state index in [-0.39, 0.29) is 5.82 Å². The molecular weight excluding hydrogens is 195 g/mol. The van der Waals surface area contributed by atoms with Crippen molar-refractivity contribution in [2.75, 3.05) is 0 Å². The topological polar surface area (TPSA) is 0 Å². The molecule has 0 aliphatic carbocycles. The van der Waals surface area contributed by atoms with E-state index in [1.807, 2.05) is 13.8 Å². The van der Waals surface area contributed by atoms with Crippen LogP contribution in [0, 0.1) is 19.7 Å². The fraction of sp³-hybridized carbons (Fsp3) is 0.250. The highest BCUT2D eigenvalue weighted by atomic mass is 79.9. The van der Waals surface area contributed by atoms with Gasteiger partial charge in [0, 0.05) is 0 Å². The van der Waals surface area contributed by atoms with Gasteiger partial charge in [-0.05, 0) is 53.0 Å². The van der Waals surface area contributed by atoms with Gasteiger partial charge in [-0.1, -0.05) is 0 Å². The summed E-state index contributed by atoms with van der Waals surface area (Å²) >= 11 is 3.11. The third-order valence-electron chi connectivity index (χ3n) is 1.54. The SMILES string of the molecule is Cc1cc(F)c(Br)cc1C. The second kappa shape index (κ2) is 2.70. The zero-order valence-corrected chi connectivity index (χ0v) is 7.50. The summed E-state index contributed by atoms with van der Waals surface area (Å²) in [7, 11) is 0. The van der Waals surface area contributed by atoms with Crippen molar-refractivity contribution in [3.8, 4) is 0 Å². The summed E-state index contributed by atoms with van der Waals surface area (Å²) in [6, 6.07) is 3.31. The molecule has 0 aromatic heterocycles. The van der Waals surface area contributed by atoms with E-state index in [2.05, 4.69) is 15.9 Å². The first-order valence-corrected chi connectivity index (χ1v) is 3.83. The molecule has 0 aliphatic rings. The molecule has 0 atom stereocenters. The minimum atomic E-state index is -0.192. The van der Waals surface area contributed by atoms with Crippen LogP contribution < -0.4 is 0 Å². The van der Waals surface area contributed by atoms with E-state index >= 15 is 0 Å². The van der Waals surface area contributed by atoms with E-state index in [9.17, 15) is 4.39 Å². The summed E-state index contributed by atoms with van der Waals surface area (Å²) in [6.07, 6.45) is 0. The van der Waals surface area contributed by atoms with Gasteiger partial charge in [0.05, 0.1) is 4.47 Å². The van der Waals surface area contributed by atoms with Crippen molar-refractivity contribution in [2.24, 2.45) is 0 Å². The van der Waals surface area contributed by atoms with Gasteiger partial charge in [-0.25, -0.2) is 4.39 Å². The van der Waals surface area contributed by atoms with Gasteiger partial charge in [0.15, 0.2) is 0 Å². The van der Waals surface area contributed by atoms with Crippen LogP contribution in [-0.2, 0) is 0 Å². The smallest absolute Gasteiger partial charge is 0.137 e. The largest absolute Gasteiger partial charge is 0.206 e. The lowest BCUT2D eigenvalue weighted by molar-refractivity contribution is 0.619. The molecule has 0 unspecified atom stereocenters. The maximum atomic E-state index is 12.7. The van der Waals surface area contributed by atoms with Gasteiger partial charge in [0.1, 0.15) is 5.82 Å². The van der Waals surface area contributed by atoms with Crippen LogP contribution in [0.4, 0.5) is 4.39 Å². The van der Waals surface area contributed by atoms with E-state index in [1.54, 1.807) is 6.07 Å². The molecule has 0 aliphatic heterocycles. The number of benzene rings is 1. The summed E-state index contributed by atoms with van der Waals surface area (Å²) < 4.78 is 13.3. The normalized spacial score (nSPS) is 10.0. The average molecular weight is 203 g/mol. The Balaban J connectivity index is 3.28. The van der Waals surface area contributed by atoms with Crippen molar-refractivity contribution in [1.29, 1.82) is 0 Å². The predicted molar refractivity (Wildman–Crippen MR) is 43.6 cm³/mol. The van der Waals surface area contributed by atoms with Gasteiger partial charge in [-0.2, -0.15) is 0 Å². The zero-order chi connectivity index (χ0) is 7.72. The molecule has 0 nitrogen and oxygen atoms in total. The van der Waals surface area contributed by atoms with Crippen molar-refractivity contribution in [1.82, 2.24) is 0 Å². The Labute approximate surface area is 68.2 Å². The van der Waals surface area contributed by atoms with E-state index in [0.717, 1.165) is 11.1 Å². The fourth-order valence-electron chi connectivity index (χ4n) is 0.746. The Morgan fingerprint density at radius 2 is 1.70 bits per heavy atom. The molecule has 10 heavy (non-hydrogen) atoms. The van der Waals surface area contributed by atoms with Crippen LogP contribution >= 0.6 is 15.9 Å². The number of halogens is 2. The lowest BCUT2D eigenvalue weighted by Gasteiger charge is -2.00. The fourth-order valence-corrected chi connectivity index (χ4v) is 1.20. The Morgan fingerprint density at radius 1 is 1.20 bits per heavy atom. The van der Waals surface area contributed by atoms with E-state index in [1.165, 1.54) is 6.07 Å². The van der Waals surface area contributed by atoms with E-state index < -0.39 is 0 Å². The van der Waals surface area contributed by atoms with Crippen LogP contribution in [0.15, 0.2) is 16.6 Å². The molecule has 0 spiro atoms. The minimum absolute atomic E-state index is 0.192. The summed E-state index contributed by atoms with van der Waals surface area (Å²) in [5, 5.41) is 0. The summed E-state index contributed by atoms with van der Waals surface area (Å²) in [5.74, 6) is -0.192. The minimum Gasteiger partial charge on any atom is -0.206 e. The van der Waals surface area contributed by atoms with Crippen molar-refractivity contribution < 1.29 is 4.39 Å². The number of rotatable bonds is 0. The summed E-state index contributed by atoms with van der Waals surface area (Å²) in [5.41, 5.74) is 2.09. The highest BCUT2D eigenvalue weighted by Crippen LogP contribution is 2.19. The highest BCUT2D eigenvalue weighted by Gasteiger charge is 2.00. The van der Waals surface area contributed by atoms with Gasteiger partial charge >= 0.3 is 0 Å². The molecule has 54 valence electrons. The number of hydrogen-bond acceptors (Lipinski definition) is 0. The molecule has 0 saturated heterocycles. The van der Waals surface area contributed by atoms with Crippen LogP contribution in [-0.4, -0.2) is 0 Å². The first-order valence-electron chi connectivity index (χ1n) is 3.03. The molecule has 0 saturated carbocycles. The Hall–Kier alpha value is -0.370. The monoisotopic (exact) mass is 202 g/mol. The maximum Gasteiger partial charge on any atom is 0.137 e. The standard InChI is InChI=1S/C8H8BrF/c1-5-3-7(9)8(10)4-6(5)2/h3-4H,1-2H3. The first kappa shape index (κ1) is 7.73. The molecule has 1 aromatic carbocycles. The molecule has 1 aromatic rings. The van der Waals surface area contributed by atoms with Gasteiger partial charge < -0.3 is 0 Å². The van der Waals surface area contributed by atoms with Crippen molar-refractivity contribution in [2.45, 2.75) is 13.8 Å². The number of aryl methyl sites for hydroxylation is 2. The zero-order valence-electron chi connectivity index (χ0n) is 5.91. The first-order chi connectivity index (χ1) is 4.61. The number of hydrogen-bond donors (Lipinski definition) is 0. The third-order valence-corrected chi connectivity index (χ3v) is 2.14. The van der Waals surface area contributed by atoms with Gasteiger partial charge in [-0.3, -0.25) is 0 Å². The van der Waals surface area contributed by atoms with Crippen LogP contribution in [0.5, 0.6) is 0 Å². The molecule has 1 rings (SSSR count). The van der Waals surface area contributed by atoms with Crippen LogP contribution in [0.2, 0.25) is 0 Å². The lowest BCUT2D eigenvalue weighted by atomic mass is 10.1. The van der Waals surface area contributed by atoms with Crippen LogP contribution in [0.25, 0.3) is 0 Å². The van der Waals surface area contributed by atoms with Crippen molar-refractivity contribution in [3.05, 3.63) is 33.5 Å². The van der Waals surface area contributed by atoms with E-state index in [4.69, 9.17) is 0 Å². The van der Waals surface area contributed by atoms with Gasteiger partial charge in [-0.15, -0.1) is 0 Å². The van der Waals surface area contributed by atoms with Crippen LogP contribution in [0.1, 0.15) is 11.1 Å². The molecular formula is C8H8BrF. The Kier molecular flexibility index (Phi) is 2.09. The second-order valence-corrected chi connectivity index (χ2v) is 3.20. The molecule has 0 fully saturated rings. The summed E-state index contributed by atoms with van der Waals surface area (Å²) in [4.78, 5) is 0. The third kappa shape index (κ3) is 1.37. The second-order valence-electron chi connectivity index (χ2n) is 2.35.